The lowest BCUT2D eigenvalue weighted by molar-refractivity contribution is 0.0597. The van der Waals surface area contributed by atoms with Gasteiger partial charge in [0, 0.05) is 24.2 Å². The van der Waals surface area contributed by atoms with Crippen molar-refractivity contribution in [3.8, 4) is 11.3 Å². The van der Waals surface area contributed by atoms with Crippen molar-refractivity contribution >= 4 is 5.97 Å². The molecule has 1 aromatic heterocycles. The zero-order chi connectivity index (χ0) is 17.9. The smallest absolute Gasteiger partial charge is 0.343 e. The Kier molecular flexibility index (Phi) is 5.46. The van der Waals surface area contributed by atoms with Crippen LogP contribution in [0.3, 0.4) is 0 Å². The van der Waals surface area contributed by atoms with Crippen LogP contribution in [-0.4, -0.2) is 22.9 Å². The summed E-state index contributed by atoms with van der Waals surface area (Å²) < 4.78 is 19.5. The predicted molar refractivity (Wildman–Crippen MR) is 88.0 cm³/mol. The van der Waals surface area contributed by atoms with Gasteiger partial charge in [-0.1, -0.05) is 13.8 Å². The summed E-state index contributed by atoms with van der Waals surface area (Å²) in [5.41, 5.74) is 6.18. The van der Waals surface area contributed by atoms with Gasteiger partial charge in [0.05, 0.1) is 12.8 Å². The van der Waals surface area contributed by atoms with Gasteiger partial charge in [-0.2, -0.15) is 5.10 Å². The number of aromatic nitrogens is 2. The summed E-state index contributed by atoms with van der Waals surface area (Å²) in [4.78, 5) is 24.3. The number of carbonyl (C=O) groups excluding carboxylic acids is 1. The molecule has 24 heavy (non-hydrogen) atoms. The monoisotopic (exact) mass is 333 g/mol. The van der Waals surface area contributed by atoms with E-state index in [0.29, 0.717) is 23.4 Å². The molecule has 0 atom stereocenters. The minimum absolute atomic E-state index is 0.0369. The molecule has 2 N–H and O–H groups in total. The summed E-state index contributed by atoms with van der Waals surface area (Å²) in [5.74, 6) is -0.990. The Balaban J connectivity index is 2.65. The largest absolute Gasteiger partial charge is 0.465 e. The van der Waals surface area contributed by atoms with E-state index < -0.39 is 17.3 Å². The van der Waals surface area contributed by atoms with E-state index in [0.717, 1.165) is 0 Å². The van der Waals surface area contributed by atoms with Gasteiger partial charge in [-0.15, -0.1) is 0 Å². The maximum absolute atomic E-state index is 13.6. The van der Waals surface area contributed by atoms with E-state index in [1.54, 1.807) is 6.07 Å². The highest BCUT2D eigenvalue weighted by molar-refractivity contribution is 5.90. The number of esters is 1. The second-order valence-corrected chi connectivity index (χ2v) is 5.83. The summed E-state index contributed by atoms with van der Waals surface area (Å²) in [6, 6.07) is 5.73. The van der Waals surface area contributed by atoms with Crippen LogP contribution >= 0.6 is 0 Å². The van der Waals surface area contributed by atoms with Gasteiger partial charge in [-0.3, -0.25) is 4.79 Å². The number of hydrogen-bond acceptors (Lipinski definition) is 5. The third kappa shape index (κ3) is 3.68. The van der Waals surface area contributed by atoms with Crippen LogP contribution in [0.25, 0.3) is 11.3 Å². The normalized spacial score (nSPS) is 10.9. The average molecular weight is 333 g/mol. The van der Waals surface area contributed by atoms with Gasteiger partial charge in [0.1, 0.15) is 11.4 Å². The summed E-state index contributed by atoms with van der Waals surface area (Å²) in [5, 5.41) is 4.30. The predicted octanol–water partition coefficient (Wildman–Crippen LogP) is 1.95. The molecule has 0 aliphatic carbocycles. The molecule has 0 saturated carbocycles. The number of methoxy groups -OCH3 is 1. The number of benzene rings is 1. The molecule has 2 rings (SSSR count). The Labute approximate surface area is 139 Å². The van der Waals surface area contributed by atoms with Crippen molar-refractivity contribution < 1.29 is 13.9 Å². The van der Waals surface area contributed by atoms with Crippen LogP contribution in [-0.2, 0) is 17.8 Å². The molecule has 6 nitrogen and oxygen atoms in total. The lowest BCUT2D eigenvalue weighted by Gasteiger charge is -2.12. The van der Waals surface area contributed by atoms with Crippen LogP contribution in [0.5, 0.6) is 0 Å². The van der Waals surface area contributed by atoms with Crippen molar-refractivity contribution in [3.63, 3.8) is 0 Å². The fraction of sp³-hybridized carbons (Fsp3) is 0.353. The van der Waals surface area contributed by atoms with Crippen LogP contribution in [0.1, 0.15) is 29.8 Å². The lowest BCUT2D eigenvalue weighted by atomic mass is 10.1. The highest BCUT2D eigenvalue weighted by Crippen LogP contribution is 2.20. The van der Waals surface area contributed by atoms with Crippen molar-refractivity contribution in [2.24, 2.45) is 11.7 Å². The second-order valence-electron chi connectivity index (χ2n) is 5.83. The van der Waals surface area contributed by atoms with Crippen molar-refractivity contribution in [1.82, 2.24) is 9.78 Å². The van der Waals surface area contributed by atoms with E-state index in [4.69, 9.17) is 5.73 Å². The van der Waals surface area contributed by atoms with Crippen LogP contribution in [0.2, 0.25) is 0 Å². The second kappa shape index (κ2) is 7.35. The number of carbonyl (C=O) groups is 1. The first kappa shape index (κ1) is 17.8. The van der Waals surface area contributed by atoms with E-state index in [1.807, 2.05) is 13.8 Å². The molecule has 0 bridgehead atoms. The van der Waals surface area contributed by atoms with E-state index in [9.17, 15) is 14.0 Å². The van der Waals surface area contributed by atoms with Crippen molar-refractivity contribution in [1.29, 1.82) is 0 Å². The van der Waals surface area contributed by atoms with Crippen molar-refractivity contribution in [2.75, 3.05) is 7.11 Å². The van der Waals surface area contributed by atoms with E-state index in [1.165, 1.54) is 30.0 Å². The van der Waals surface area contributed by atoms with Crippen LogP contribution < -0.4 is 11.3 Å². The molecule has 0 aliphatic heterocycles. The quantitative estimate of drug-likeness (QED) is 0.845. The molecule has 0 radical (unpaired) electrons. The Morgan fingerprint density at radius 2 is 2.08 bits per heavy atom. The number of ether oxygens (including phenoxy) is 1. The first-order valence-corrected chi connectivity index (χ1v) is 7.56. The Hall–Kier alpha value is -2.54. The Morgan fingerprint density at radius 1 is 1.38 bits per heavy atom. The van der Waals surface area contributed by atoms with Gasteiger partial charge in [-0.25, -0.2) is 13.9 Å². The Bertz CT molecular complexity index is 815. The molecule has 0 saturated heterocycles. The van der Waals surface area contributed by atoms with Crippen molar-refractivity contribution in [3.05, 3.63) is 51.6 Å². The summed E-state index contributed by atoms with van der Waals surface area (Å²) >= 11 is 0. The molecule has 0 unspecified atom stereocenters. The SMILES string of the molecule is COC(=O)c1cc(-c2ccc(F)c(CN)c2)nn(CC(C)C)c1=O. The number of halogens is 1. The minimum Gasteiger partial charge on any atom is -0.465 e. The fourth-order valence-electron chi connectivity index (χ4n) is 2.30. The molecule has 7 heteroatoms. The van der Waals surface area contributed by atoms with E-state index in [-0.39, 0.29) is 18.0 Å². The standard InChI is InChI=1S/C17H20FN3O3/c1-10(2)9-21-16(22)13(17(23)24-3)7-15(20-21)11-4-5-14(18)12(6-11)8-19/h4-7,10H,8-9,19H2,1-3H3. The minimum atomic E-state index is -0.734. The lowest BCUT2D eigenvalue weighted by Crippen LogP contribution is -2.31. The summed E-state index contributed by atoms with van der Waals surface area (Å²) in [6.07, 6.45) is 0. The molecule has 0 amide bonds. The molecular formula is C17H20FN3O3. The van der Waals surface area contributed by atoms with Crippen LogP contribution in [0.4, 0.5) is 4.39 Å². The Morgan fingerprint density at radius 3 is 2.67 bits per heavy atom. The number of hydrogen-bond donors (Lipinski definition) is 1. The zero-order valence-corrected chi connectivity index (χ0v) is 13.9. The van der Waals surface area contributed by atoms with Gasteiger partial charge < -0.3 is 10.5 Å². The molecule has 1 heterocycles. The maximum atomic E-state index is 13.6. The average Bonchev–Trinajstić information content (AvgIpc) is 2.56. The van der Waals surface area contributed by atoms with Crippen LogP contribution in [0.15, 0.2) is 29.1 Å². The van der Waals surface area contributed by atoms with Gasteiger partial charge in [-0.05, 0) is 30.2 Å². The first-order chi connectivity index (χ1) is 11.4. The highest BCUT2D eigenvalue weighted by atomic mass is 19.1. The highest BCUT2D eigenvalue weighted by Gasteiger charge is 2.18. The number of rotatable bonds is 5. The van der Waals surface area contributed by atoms with Gasteiger partial charge in [0.15, 0.2) is 0 Å². The van der Waals surface area contributed by atoms with E-state index >= 15 is 0 Å². The molecule has 0 spiro atoms. The van der Waals surface area contributed by atoms with Gasteiger partial charge >= 0.3 is 5.97 Å². The van der Waals surface area contributed by atoms with Crippen LogP contribution in [0, 0.1) is 11.7 Å². The fourth-order valence-corrected chi connectivity index (χ4v) is 2.30. The molecule has 128 valence electrons. The molecule has 0 aliphatic rings. The summed E-state index contributed by atoms with van der Waals surface area (Å²) in [7, 11) is 1.21. The molecule has 1 aromatic carbocycles. The third-order valence-electron chi connectivity index (χ3n) is 3.48. The van der Waals surface area contributed by atoms with Gasteiger partial charge in [0.25, 0.3) is 5.56 Å². The number of nitrogens with two attached hydrogens (primary N) is 1. The molecule has 0 fully saturated rings. The topological polar surface area (TPSA) is 87.2 Å². The first-order valence-electron chi connectivity index (χ1n) is 7.56. The van der Waals surface area contributed by atoms with E-state index in [2.05, 4.69) is 9.84 Å². The zero-order valence-electron chi connectivity index (χ0n) is 13.9. The molecule has 2 aromatic rings. The van der Waals surface area contributed by atoms with Gasteiger partial charge in [0.2, 0.25) is 0 Å². The summed E-state index contributed by atoms with van der Waals surface area (Å²) in [6.45, 7) is 4.25. The maximum Gasteiger partial charge on any atom is 0.343 e. The number of nitrogens with zero attached hydrogens (tertiary/aromatic N) is 2. The van der Waals surface area contributed by atoms with Crippen molar-refractivity contribution in [2.45, 2.75) is 26.9 Å². The molecular weight excluding hydrogens is 313 g/mol. The third-order valence-corrected chi connectivity index (χ3v) is 3.48.